The SMILES string of the molecule is O=C1Nc2ccccc2NC(=O)C1c1ccccc1. The second kappa shape index (κ2) is 4.57. The minimum Gasteiger partial charge on any atom is -0.323 e. The molecule has 2 amide bonds. The summed E-state index contributed by atoms with van der Waals surface area (Å²) in [6.45, 7) is 0. The van der Waals surface area contributed by atoms with Gasteiger partial charge in [0.2, 0.25) is 11.8 Å². The molecular weight excluding hydrogens is 240 g/mol. The van der Waals surface area contributed by atoms with Crippen molar-refractivity contribution in [2.24, 2.45) is 0 Å². The van der Waals surface area contributed by atoms with E-state index in [9.17, 15) is 9.59 Å². The Hall–Kier alpha value is -2.62. The summed E-state index contributed by atoms with van der Waals surface area (Å²) in [7, 11) is 0. The van der Waals surface area contributed by atoms with Crippen LogP contribution in [0.2, 0.25) is 0 Å². The first-order valence-electron chi connectivity index (χ1n) is 6.01. The average molecular weight is 252 g/mol. The predicted molar refractivity (Wildman–Crippen MR) is 72.9 cm³/mol. The van der Waals surface area contributed by atoms with E-state index in [4.69, 9.17) is 0 Å². The maximum Gasteiger partial charge on any atom is 0.241 e. The number of hydrogen-bond acceptors (Lipinski definition) is 2. The van der Waals surface area contributed by atoms with Crippen LogP contribution < -0.4 is 10.6 Å². The summed E-state index contributed by atoms with van der Waals surface area (Å²) >= 11 is 0. The Morgan fingerprint density at radius 2 is 1.16 bits per heavy atom. The number of hydrogen-bond donors (Lipinski definition) is 2. The highest BCUT2D eigenvalue weighted by Gasteiger charge is 2.31. The number of carbonyl (C=O) groups excluding carboxylic acids is 2. The van der Waals surface area contributed by atoms with Gasteiger partial charge in [0, 0.05) is 0 Å². The van der Waals surface area contributed by atoms with Gasteiger partial charge in [-0.05, 0) is 17.7 Å². The van der Waals surface area contributed by atoms with E-state index in [0.29, 0.717) is 16.9 Å². The van der Waals surface area contributed by atoms with Crippen molar-refractivity contribution in [1.82, 2.24) is 0 Å². The molecule has 94 valence electrons. The molecule has 2 N–H and O–H groups in total. The predicted octanol–water partition coefficient (Wildman–Crippen LogP) is 2.36. The van der Waals surface area contributed by atoms with Gasteiger partial charge in [0.1, 0.15) is 5.92 Å². The molecule has 0 unspecified atom stereocenters. The van der Waals surface area contributed by atoms with Crippen molar-refractivity contribution in [2.45, 2.75) is 5.92 Å². The molecule has 4 heteroatoms. The molecule has 2 aromatic carbocycles. The number of nitrogens with one attached hydrogen (secondary N) is 2. The molecular formula is C15H12N2O2. The summed E-state index contributed by atoms with van der Waals surface area (Å²) in [5.74, 6) is -1.45. The first kappa shape index (κ1) is 11.5. The van der Waals surface area contributed by atoms with Crippen LogP contribution in [0.15, 0.2) is 54.6 Å². The highest BCUT2D eigenvalue weighted by molar-refractivity contribution is 6.19. The lowest BCUT2D eigenvalue weighted by Crippen LogP contribution is -2.28. The van der Waals surface area contributed by atoms with Crippen LogP contribution in [0.3, 0.4) is 0 Å². The third-order valence-corrected chi connectivity index (χ3v) is 3.10. The second-order valence-corrected chi connectivity index (χ2v) is 4.37. The van der Waals surface area contributed by atoms with E-state index in [1.54, 1.807) is 24.3 Å². The smallest absolute Gasteiger partial charge is 0.241 e. The average Bonchev–Trinajstić information content (AvgIpc) is 2.54. The zero-order valence-electron chi connectivity index (χ0n) is 10.1. The van der Waals surface area contributed by atoms with E-state index in [-0.39, 0.29) is 11.8 Å². The van der Waals surface area contributed by atoms with Crippen molar-refractivity contribution in [2.75, 3.05) is 10.6 Å². The standard InChI is InChI=1S/C15H12N2O2/c18-14-13(10-6-2-1-3-7-10)15(19)17-12-9-5-4-8-11(12)16-14/h1-9,13H,(H,16,18)(H,17,19). The summed E-state index contributed by atoms with van der Waals surface area (Å²) < 4.78 is 0. The number of fused-ring (bicyclic) bond motifs is 1. The molecule has 0 atom stereocenters. The van der Waals surface area contributed by atoms with Crippen LogP contribution in [0, 0.1) is 0 Å². The minimum absolute atomic E-state index is 0.311. The van der Waals surface area contributed by atoms with Gasteiger partial charge in [0.25, 0.3) is 0 Å². The Morgan fingerprint density at radius 1 is 0.684 bits per heavy atom. The highest BCUT2D eigenvalue weighted by atomic mass is 16.2. The molecule has 1 aliphatic heterocycles. The van der Waals surface area contributed by atoms with Gasteiger partial charge in [-0.1, -0.05) is 42.5 Å². The molecule has 4 nitrogen and oxygen atoms in total. The van der Waals surface area contributed by atoms with Crippen LogP contribution in [0.25, 0.3) is 0 Å². The number of carbonyl (C=O) groups is 2. The van der Waals surface area contributed by atoms with Crippen molar-refractivity contribution in [3.63, 3.8) is 0 Å². The maximum atomic E-state index is 12.2. The topological polar surface area (TPSA) is 58.2 Å². The lowest BCUT2D eigenvalue weighted by atomic mass is 9.97. The Morgan fingerprint density at radius 3 is 1.68 bits per heavy atom. The van der Waals surface area contributed by atoms with Gasteiger partial charge >= 0.3 is 0 Å². The highest BCUT2D eigenvalue weighted by Crippen LogP contribution is 2.29. The quantitative estimate of drug-likeness (QED) is 0.765. The molecule has 1 aliphatic rings. The lowest BCUT2D eigenvalue weighted by molar-refractivity contribution is -0.125. The van der Waals surface area contributed by atoms with Gasteiger partial charge in [-0.15, -0.1) is 0 Å². The summed E-state index contributed by atoms with van der Waals surface area (Å²) in [4.78, 5) is 24.4. The molecule has 0 spiro atoms. The monoisotopic (exact) mass is 252 g/mol. The van der Waals surface area contributed by atoms with E-state index >= 15 is 0 Å². The number of anilines is 2. The normalized spacial score (nSPS) is 15.2. The maximum absolute atomic E-state index is 12.2. The molecule has 0 saturated carbocycles. The molecule has 0 radical (unpaired) electrons. The fraction of sp³-hybridized carbons (Fsp3) is 0.0667. The fourth-order valence-corrected chi connectivity index (χ4v) is 2.18. The summed E-state index contributed by atoms with van der Waals surface area (Å²) in [5, 5.41) is 5.56. The Bertz CT molecular complexity index is 601. The second-order valence-electron chi connectivity index (χ2n) is 4.37. The van der Waals surface area contributed by atoms with Gasteiger partial charge in [0.15, 0.2) is 0 Å². The minimum atomic E-state index is -0.825. The molecule has 19 heavy (non-hydrogen) atoms. The molecule has 0 aromatic heterocycles. The van der Waals surface area contributed by atoms with Crippen molar-refractivity contribution in [3.05, 3.63) is 60.2 Å². The molecule has 1 heterocycles. The van der Waals surface area contributed by atoms with Gasteiger partial charge in [-0.25, -0.2) is 0 Å². The van der Waals surface area contributed by atoms with Crippen molar-refractivity contribution in [3.8, 4) is 0 Å². The third kappa shape index (κ3) is 2.08. The number of para-hydroxylation sites is 2. The number of benzene rings is 2. The van der Waals surface area contributed by atoms with Gasteiger partial charge in [-0.2, -0.15) is 0 Å². The van der Waals surface area contributed by atoms with Crippen molar-refractivity contribution >= 4 is 23.2 Å². The van der Waals surface area contributed by atoms with E-state index < -0.39 is 5.92 Å². The molecule has 0 fully saturated rings. The van der Waals surface area contributed by atoms with Gasteiger partial charge in [-0.3, -0.25) is 9.59 Å². The Balaban J connectivity index is 2.02. The summed E-state index contributed by atoms with van der Waals surface area (Å²) in [6.07, 6.45) is 0. The number of amides is 2. The van der Waals surface area contributed by atoms with E-state index in [1.807, 2.05) is 30.3 Å². The third-order valence-electron chi connectivity index (χ3n) is 3.10. The van der Waals surface area contributed by atoms with Crippen LogP contribution in [0.4, 0.5) is 11.4 Å². The van der Waals surface area contributed by atoms with Crippen LogP contribution >= 0.6 is 0 Å². The molecule has 0 aliphatic carbocycles. The van der Waals surface area contributed by atoms with E-state index in [0.717, 1.165) is 0 Å². The lowest BCUT2D eigenvalue weighted by Gasteiger charge is -2.11. The zero-order chi connectivity index (χ0) is 13.2. The zero-order valence-corrected chi connectivity index (χ0v) is 10.1. The van der Waals surface area contributed by atoms with Crippen LogP contribution in [-0.4, -0.2) is 11.8 Å². The Kier molecular flexibility index (Phi) is 2.76. The Labute approximate surface area is 110 Å². The van der Waals surface area contributed by atoms with Gasteiger partial charge < -0.3 is 10.6 Å². The summed E-state index contributed by atoms with van der Waals surface area (Å²) in [6, 6.07) is 16.2. The van der Waals surface area contributed by atoms with E-state index in [1.165, 1.54) is 0 Å². The first-order valence-corrected chi connectivity index (χ1v) is 6.01. The largest absolute Gasteiger partial charge is 0.323 e. The van der Waals surface area contributed by atoms with Crippen molar-refractivity contribution in [1.29, 1.82) is 0 Å². The van der Waals surface area contributed by atoms with Crippen LogP contribution in [0.1, 0.15) is 11.5 Å². The van der Waals surface area contributed by atoms with Gasteiger partial charge in [0.05, 0.1) is 11.4 Å². The molecule has 0 bridgehead atoms. The molecule has 3 rings (SSSR count). The first-order chi connectivity index (χ1) is 9.25. The summed E-state index contributed by atoms with van der Waals surface area (Å²) in [5.41, 5.74) is 1.93. The molecule has 2 aromatic rings. The van der Waals surface area contributed by atoms with E-state index in [2.05, 4.69) is 10.6 Å². The van der Waals surface area contributed by atoms with Crippen LogP contribution in [-0.2, 0) is 9.59 Å². The number of rotatable bonds is 1. The van der Waals surface area contributed by atoms with Crippen LogP contribution in [0.5, 0.6) is 0 Å². The van der Waals surface area contributed by atoms with Crippen molar-refractivity contribution < 1.29 is 9.59 Å². The fourth-order valence-electron chi connectivity index (χ4n) is 2.18. The molecule has 0 saturated heterocycles.